The molecule has 27 heavy (non-hydrogen) atoms. The molecule has 0 aromatic heterocycles. The summed E-state index contributed by atoms with van der Waals surface area (Å²) in [4.78, 5) is -0.893. The van der Waals surface area contributed by atoms with Crippen LogP contribution in [-0.2, 0) is 16.4 Å². The summed E-state index contributed by atoms with van der Waals surface area (Å²) in [5, 5.41) is 10.2. The summed E-state index contributed by atoms with van der Waals surface area (Å²) in [6, 6.07) is 11.8. The molecule has 0 spiro atoms. The minimum atomic E-state index is -4.34. The van der Waals surface area contributed by atoms with Crippen molar-refractivity contribution < 1.29 is 22.3 Å². The molecule has 1 N–H and O–H groups in total. The first-order valence-corrected chi connectivity index (χ1v) is 10.5. The third-order valence-electron chi connectivity index (χ3n) is 5.96. The maximum Gasteiger partial charge on any atom is 0.249 e. The van der Waals surface area contributed by atoms with Crippen LogP contribution in [0.3, 0.4) is 0 Å². The second-order valence-corrected chi connectivity index (χ2v) is 9.30. The van der Waals surface area contributed by atoms with E-state index in [1.54, 1.807) is 0 Å². The standard InChI is InChI=1S/C20H21F2NO3S/c21-16-7-4-8-17(22)19(16)27(25,26)23-15-9-10-18(23)20(12-15,13-24)11-14-5-2-1-3-6-14/h1-8,15,18,24H,9-13H2/t15-,18+,20-/m0/s1. The van der Waals surface area contributed by atoms with Crippen molar-refractivity contribution >= 4 is 10.0 Å². The van der Waals surface area contributed by atoms with Gasteiger partial charge in [0.15, 0.2) is 4.90 Å². The van der Waals surface area contributed by atoms with E-state index >= 15 is 0 Å². The first-order valence-electron chi connectivity index (χ1n) is 9.01. The van der Waals surface area contributed by atoms with Crippen molar-refractivity contribution in [2.45, 2.75) is 42.7 Å². The Labute approximate surface area is 157 Å². The van der Waals surface area contributed by atoms with Crippen molar-refractivity contribution in [2.24, 2.45) is 5.41 Å². The summed E-state index contributed by atoms with van der Waals surface area (Å²) in [6.45, 7) is -0.172. The highest BCUT2D eigenvalue weighted by Crippen LogP contribution is 2.53. The lowest BCUT2D eigenvalue weighted by molar-refractivity contribution is 0.0888. The fraction of sp³-hybridized carbons (Fsp3) is 0.400. The van der Waals surface area contributed by atoms with Gasteiger partial charge in [-0.2, -0.15) is 4.31 Å². The molecule has 0 saturated carbocycles. The van der Waals surface area contributed by atoms with E-state index in [-0.39, 0.29) is 12.6 Å². The molecule has 0 aliphatic carbocycles. The monoisotopic (exact) mass is 393 g/mol. The van der Waals surface area contributed by atoms with Crippen LogP contribution in [0.1, 0.15) is 24.8 Å². The Morgan fingerprint density at radius 2 is 1.70 bits per heavy atom. The molecule has 4 rings (SSSR count). The van der Waals surface area contributed by atoms with Crippen LogP contribution in [0.5, 0.6) is 0 Å². The van der Waals surface area contributed by atoms with Crippen LogP contribution in [-0.4, -0.2) is 36.5 Å². The maximum absolute atomic E-state index is 14.2. The average Bonchev–Trinajstić information content (AvgIpc) is 3.19. The maximum atomic E-state index is 14.2. The van der Waals surface area contributed by atoms with E-state index in [0.717, 1.165) is 23.8 Å². The Morgan fingerprint density at radius 3 is 2.33 bits per heavy atom. The van der Waals surface area contributed by atoms with Gasteiger partial charge in [-0.05, 0) is 43.4 Å². The van der Waals surface area contributed by atoms with Crippen LogP contribution < -0.4 is 0 Å². The molecule has 0 radical (unpaired) electrons. The molecule has 2 fully saturated rings. The summed E-state index contributed by atoms with van der Waals surface area (Å²) in [7, 11) is -4.34. The number of rotatable bonds is 5. The van der Waals surface area contributed by atoms with E-state index in [0.29, 0.717) is 25.7 Å². The lowest BCUT2D eigenvalue weighted by atomic mass is 9.70. The molecule has 2 heterocycles. The zero-order chi connectivity index (χ0) is 19.2. The summed E-state index contributed by atoms with van der Waals surface area (Å²) in [5.41, 5.74) is 0.368. The van der Waals surface area contributed by atoms with Gasteiger partial charge in [0.1, 0.15) is 11.6 Å². The number of halogens is 2. The molecule has 144 valence electrons. The predicted octanol–water partition coefficient (Wildman–Crippen LogP) is 3.11. The van der Waals surface area contributed by atoms with E-state index < -0.39 is 38.0 Å². The first kappa shape index (κ1) is 18.5. The molecule has 2 saturated heterocycles. The van der Waals surface area contributed by atoms with Crippen molar-refractivity contribution in [1.29, 1.82) is 0 Å². The van der Waals surface area contributed by atoms with E-state index in [4.69, 9.17) is 0 Å². The zero-order valence-corrected chi connectivity index (χ0v) is 15.5. The highest BCUT2D eigenvalue weighted by Gasteiger charge is 2.60. The number of aliphatic hydroxyl groups excluding tert-OH is 1. The number of hydrogen-bond donors (Lipinski definition) is 1. The van der Waals surface area contributed by atoms with Crippen LogP contribution in [0, 0.1) is 17.0 Å². The normalized spacial score (nSPS) is 28.0. The third kappa shape index (κ3) is 2.88. The Bertz CT molecular complexity index is 931. The van der Waals surface area contributed by atoms with Crippen LogP contribution in [0.15, 0.2) is 53.4 Å². The third-order valence-corrected chi connectivity index (χ3v) is 7.97. The summed E-state index contributed by atoms with van der Waals surface area (Å²) < 4.78 is 56.0. The summed E-state index contributed by atoms with van der Waals surface area (Å²) in [6.07, 6.45) is 2.22. The Balaban J connectivity index is 1.73. The highest BCUT2D eigenvalue weighted by molar-refractivity contribution is 7.89. The van der Waals surface area contributed by atoms with E-state index in [1.165, 1.54) is 4.31 Å². The van der Waals surface area contributed by atoms with Gasteiger partial charge in [0.25, 0.3) is 0 Å². The molecule has 4 nitrogen and oxygen atoms in total. The fourth-order valence-corrected chi connectivity index (χ4v) is 6.93. The Hall–Kier alpha value is -1.83. The molecule has 2 aliphatic heterocycles. The molecule has 3 atom stereocenters. The highest BCUT2D eigenvalue weighted by atomic mass is 32.2. The van der Waals surface area contributed by atoms with Crippen molar-refractivity contribution in [2.75, 3.05) is 6.61 Å². The number of nitrogens with zero attached hydrogens (tertiary/aromatic N) is 1. The van der Waals surface area contributed by atoms with Gasteiger partial charge >= 0.3 is 0 Å². The average molecular weight is 393 g/mol. The second kappa shape index (κ2) is 6.65. The Morgan fingerprint density at radius 1 is 1.04 bits per heavy atom. The SMILES string of the molecule is O=S(=O)(c1c(F)cccc1F)N1[C@H]2CC[C@@H]1[C@@](CO)(Cc1ccccc1)C2. The molecular formula is C20H21F2NO3S. The van der Waals surface area contributed by atoms with Gasteiger partial charge in [-0.3, -0.25) is 0 Å². The van der Waals surface area contributed by atoms with E-state index in [9.17, 15) is 22.3 Å². The number of fused-ring (bicyclic) bond motifs is 2. The first-order chi connectivity index (χ1) is 12.9. The van der Waals surface area contributed by atoms with E-state index in [2.05, 4.69) is 0 Å². The number of sulfonamides is 1. The van der Waals surface area contributed by atoms with Gasteiger partial charge in [-0.25, -0.2) is 17.2 Å². The molecule has 2 aromatic carbocycles. The number of hydrogen-bond acceptors (Lipinski definition) is 3. The smallest absolute Gasteiger partial charge is 0.249 e. The molecule has 2 aliphatic rings. The minimum Gasteiger partial charge on any atom is -0.396 e. The molecule has 2 bridgehead atoms. The summed E-state index contributed by atoms with van der Waals surface area (Å²) in [5.74, 6) is -2.17. The number of benzene rings is 2. The van der Waals surface area contributed by atoms with Crippen molar-refractivity contribution in [1.82, 2.24) is 4.31 Å². The lowest BCUT2D eigenvalue weighted by Gasteiger charge is -2.36. The van der Waals surface area contributed by atoms with Crippen LogP contribution in [0.2, 0.25) is 0 Å². The minimum absolute atomic E-state index is 0.172. The fourth-order valence-electron chi connectivity index (χ4n) is 4.85. The Kier molecular flexibility index (Phi) is 4.56. The van der Waals surface area contributed by atoms with Gasteiger partial charge in [-0.1, -0.05) is 36.4 Å². The second-order valence-electron chi connectivity index (χ2n) is 7.52. The van der Waals surface area contributed by atoms with Crippen molar-refractivity contribution in [3.05, 3.63) is 65.7 Å². The van der Waals surface area contributed by atoms with Crippen LogP contribution in [0.4, 0.5) is 8.78 Å². The van der Waals surface area contributed by atoms with Gasteiger partial charge in [0.05, 0.1) is 6.61 Å². The topological polar surface area (TPSA) is 57.6 Å². The van der Waals surface area contributed by atoms with Gasteiger partial charge in [-0.15, -0.1) is 0 Å². The number of aliphatic hydroxyl groups is 1. The van der Waals surface area contributed by atoms with Gasteiger partial charge in [0, 0.05) is 17.5 Å². The quantitative estimate of drug-likeness (QED) is 0.849. The van der Waals surface area contributed by atoms with Crippen LogP contribution in [0.25, 0.3) is 0 Å². The van der Waals surface area contributed by atoms with Gasteiger partial charge in [0.2, 0.25) is 10.0 Å². The molecular weight excluding hydrogens is 372 g/mol. The molecule has 2 aromatic rings. The van der Waals surface area contributed by atoms with Crippen LogP contribution >= 0.6 is 0 Å². The molecule has 7 heteroatoms. The predicted molar refractivity (Wildman–Crippen MR) is 96.5 cm³/mol. The van der Waals surface area contributed by atoms with Crippen molar-refractivity contribution in [3.63, 3.8) is 0 Å². The van der Waals surface area contributed by atoms with E-state index in [1.807, 2.05) is 30.3 Å². The van der Waals surface area contributed by atoms with Crippen molar-refractivity contribution in [3.8, 4) is 0 Å². The zero-order valence-electron chi connectivity index (χ0n) is 14.7. The molecule has 0 unspecified atom stereocenters. The largest absolute Gasteiger partial charge is 0.396 e. The molecule has 0 amide bonds. The summed E-state index contributed by atoms with van der Waals surface area (Å²) >= 11 is 0. The lowest BCUT2D eigenvalue weighted by Crippen LogP contribution is -2.44. The van der Waals surface area contributed by atoms with Gasteiger partial charge < -0.3 is 5.11 Å².